The number of amides is 1. The van der Waals surface area contributed by atoms with E-state index in [1.165, 1.54) is 0 Å². The fourth-order valence-corrected chi connectivity index (χ4v) is 1.92. The highest BCUT2D eigenvalue weighted by Crippen LogP contribution is 2.41. The van der Waals surface area contributed by atoms with Gasteiger partial charge < -0.3 is 10.6 Å². The Labute approximate surface area is 66.5 Å². The van der Waals surface area contributed by atoms with Gasteiger partial charge in [0.05, 0.1) is 0 Å². The number of carbonyl (C=O) groups is 1. The molecule has 0 aromatic heterocycles. The molecule has 0 aromatic carbocycles. The molecule has 2 unspecified atom stereocenters. The van der Waals surface area contributed by atoms with Crippen molar-refractivity contribution in [3.63, 3.8) is 0 Å². The van der Waals surface area contributed by atoms with Crippen molar-refractivity contribution in [3.8, 4) is 0 Å². The molecule has 1 aliphatic carbocycles. The van der Waals surface area contributed by atoms with Crippen LogP contribution >= 0.6 is 0 Å². The highest BCUT2D eigenvalue weighted by atomic mass is 16.1. The molecule has 1 saturated heterocycles. The van der Waals surface area contributed by atoms with Crippen LogP contribution in [0, 0.1) is 11.8 Å². The van der Waals surface area contributed by atoms with Crippen LogP contribution in [0.5, 0.6) is 0 Å². The summed E-state index contributed by atoms with van der Waals surface area (Å²) in [5.41, 5.74) is 0. The third-order valence-corrected chi connectivity index (χ3v) is 2.74. The van der Waals surface area contributed by atoms with E-state index in [4.69, 9.17) is 0 Å². The van der Waals surface area contributed by atoms with Crippen LogP contribution in [0.4, 0.5) is 0 Å². The van der Waals surface area contributed by atoms with E-state index in [1.54, 1.807) is 0 Å². The molecule has 11 heavy (non-hydrogen) atoms. The molecule has 1 heterocycles. The lowest BCUT2D eigenvalue weighted by atomic mass is 10.4. The fourth-order valence-electron chi connectivity index (χ4n) is 1.92. The summed E-state index contributed by atoms with van der Waals surface area (Å²) >= 11 is 0. The third kappa shape index (κ3) is 1.13. The topological polar surface area (TPSA) is 41.1 Å². The van der Waals surface area contributed by atoms with Gasteiger partial charge in [-0.15, -0.1) is 0 Å². The first kappa shape index (κ1) is 7.10. The summed E-state index contributed by atoms with van der Waals surface area (Å²) in [6, 6.07) is 0.503. The predicted octanol–water partition coefficient (Wildman–Crippen LogP) is -0.270. The average Bonchev–Trinajstić information content (AvgIpc) is 2.52. The molecule has 1 saturated carbocycles. The zero-order valence-corrected chi connectivity index (χ0v) is 6.76. The number of rotatable bonds is 2. The first-order valence-corrected chi connectivity index (χ1v) is 4.33. The van der Waals surface area contributed by atoms with Gasteiger partial charge in [-0.05, 0) is 11.8 Å². The minimum Gasteiger partial charge on any atom is -0.353 e. The van der Waals surface area contributed by atoms with E-state index in [9.17, 15) is 4.79 Å². The second-order valence-electron chi connectivity index (χ2n) is 3.43. The van der Waals surface area contributed by atoms with E-state index in [0.717, 1.165) is 24.9 Å². The SMILES string of the molecule is CCC(=O)NC1C2CNC[C@@H]21. The monoisotopic (exact) mass is 154 g/mol. The van der Waals surface area contributed by atoms with Crippen molar-refractivity contribution in [1.29, 1.82) is 0 Å². The molecule has 0 aromatic rings. The Kier molecular flexibility index (Phi) is 1.60. The maximum Gasteiger partial charge on any atom is 0.219 e. The lowest BCUT2D eigenvalue weighted by Gasteiger charge is -2.05. The zero-order valence-electron chi connectivity index (χ0n) is 6.76. The Hall–Kier alpha value is -0.570. The first-order valence-electron chi connectivity index (χ1n) is 4.33. The predicted molar refractivity (Wildman–Crippen MR) is 42.1 cm³/mol. The van der Waals surface area contributed by atoms with Crippen LogP contribution in [0.1, 0.15) is 13.3 Å². The van der Waals surface area contributed by atoms with Crippen molar-refractivity contribution in [2.75, 3.05) is 13.1 Å². The maximum absolute atomic E-state index is 11.0. The van der Waals surface area contributed by atoms with Crippen LogP contribution in [0.25, 0.3) is 0 Å². The van der Waals surface area contributed by atoms with Gasteiger partial charge in [0.15, 0.2) is 0 Å². The highest BCUT2D eigenvalue weighted by Gasteiger charge is 2.53. The second kappa shape index (κ2) is 2.48. The molecule has 3 atom stereocenters. The summed E-state index contributed by atoms with van der Waals surface area (Å²) in [6.45, 7) is 4.09. The molecule has 2 aliphatic rings. The van der Waals surface area contributed by atoms with Gasteiger partial charge >= 0.3 is 0 Å². The van der Waals surface area contributed by atoms with Gasteiger partial charge in [0.25, 0.3) is 0 Å². The molecule has 3 heteroatoms. The van der Waals surface area contributed by atoms with Crippen molar-refractivity contribution >= 4 is 5.91 Å². The number of carbonyl (C=O) groups excluding carboxylic acids is 1. The Balaban J connectivity index is 1.79. The van der Waals surface area contributed by atoms with E-state index in [1.807, 2.05) is 6.92 Å². The lowest BCUT2D eigenvalue weighted by molar-refractivity contribution is -0.121. The van der Waals surface area contributed by atoms with E-state index >= 15 is 0 Å². The minimum atomic E-state index is 0.199. The average molecular weight is 154 g/mol. The molecule has 0 spiro atoms. The fraction of sp³-hybridized carbons (Fsp3) is 0.875. The van der Waals surface area contributed by atoms with Crippen molar-refractivity contribution in [2.45, 2.75) is 19.4 Å². The van der Waals surface area contributed by atoms with Gasteiger partial charge in [-0.3, -0.25) is 4.79 Å². The number of piperidine rings is 1. The molecule has 62 valence electrons. The zero-order chi connectivity index (χ0) is 7.84. The number of hydrogen-bond acceptors (Lipinski definition) is 2. The van der Waals surface area contributed by atoms with Gasteiger partial charge in [0.1, 0.15) is 0 Å². The van der Waals surface area contributed by atoms with Crippen LogP contribution in [0.3, 0.4) is 0 Å². The second-order valence-corrected chi connectivity index (χ2v) is 3.43. The Morgan fingerprint density at radius 1 is 1.55 bits per heavy atom. The van der Waals surface area contributed by atoms with Gasteiger partial charge in [-0.25, -0.2) is 0 Å². The summed E-state index contributed by atoms with van der Waals surface area (Å²) in [4.78, 5) is 11.0. The van der Waals surface area contributed by atoms with Gasteiger partial charge in [0, 0.05) is 25.6 Å². The van der Waals surface area contributed by atoms with E-state index < -0.39 is 0 Å². The smallest absolute Gasteiger partial charge is 0.219 e. The molecule has 1 amide bonds. The van der Waals surface area contributed by atoms with Gasteiger partial charge in [-0.1, -0.05) is 6.92 Å². The number of fused-ring (bicyclic) bond motifs is 1. The third-order valence-electron chi connectivity index (χ3n) is 2.74. The van der Waals surface area contributed by atoms with E-state index in [2.05, 4.69) is 10.6 Å². The first-order chi connectivity index (χ1) is 5.33. The summed E-state index contributed by atoms with van der Waals surface area (Å²) < 4.78 is 0. The van der Waals surface area contributed by atoms with Crippen LogP contribution in [0.15, 0.2) is 0 Å². The van der Waals surface area contributed by atoms with E-state index in [-0.39, 0.29) is 5.91 Å². The van der Waals surface area contributed by atoms with Crippen LogP contribution in [0.2, 0.25) is 0 Å². The van der Waals surface area contributed by atoms with Crippen LogP contribution in [-0.4, -0.2) is 25.0 Å². The standard InChI is InChI=1S/C8H14N2O/c1-2-7(11)10-8-5-3-9-4-6(5)8/h5-6,8-9H,2-4H2,1H3,(H,10,11)/t5-,6?,8?/m0/s1. The van der Waals surface area contributed by atoms with Crippen molar-refractivity contribution in [2.24, 2.45) is 11.8 Å². The highest BCUT2D eigenvalue weighted by molar-refractivity contribution is 5.76. The van der Waals surface area contributed by atoms with Gasteiger partial charge in [0.2, 0.25) is 5.91 Å². The summed E-state index contributed by atoms with van der Waals surface area (Å²) in [5, 5.41) is 6.32. The molecule has 0 bridgehead atoms. The Morgan fingerprint density at radius 2 is 2.18 bits per heavy atom. The Bertz CT molecular complexity index is 171. The van der Waals surface area contributed by atoms with Crippen molar-refractivity contribution < 1.29 is 4.79 Å². The van der Waals surface area contributed by atoms with Gasteiger partial charge in [-0.2, -0.15) is 0 Å². The molecule has 1 aliphatic heterocycles. The van der Waals surface area contributed by atoms with Crippen LogP contribution in [-0.2, 0) is 4.79 Å². The number of hydrogen-bond donors (Lipinski definition) is 2. The molecule has 2 N–H and O–H groups in total. The largest absolute Gasteiger partial charge is 0.353 e. The molecule has 2 rings (SSSR count). The molecular formula is C8H14N2O. The molecule has 0 radical (unpaired) electrons. The molecule has 3 nitrogen and oxygen atoms in total. The minimum absolute atomic E-state index is 0.199. The Morgan fingerprint density at radius 3 is 2.73 bits per heavy atom. The molecular weight excluding hydrogens is 140 g/mol. The maximum atomic E-state index is 11.0. The van der Waals surface area contributed by atoms with Crippen LogP contribution < -0.4 is 10.6 Å². The normalized spacial score (nSPS) is 39.9. The van der Waals surface area contributed by atoms with Crippen molar-refractivity contribution in [1.82, 2.24) is 10.6 Å². The quantitative estimate of drug-likeness (QED) is 0.575. The summed E-state index contributed by atoms with van der Waals surface area (Å²) in [5.74, 6) is 1.68. The summed E-state index contributed by atoms with van der Waals surface area (Å²) in [7, 11) is 0. The number of nitrogens with one attached hydrogen (secondary N) is 2. The lowest BCUT2D eigenvalue weighted by Crippen LogP contribution is -2.31. The summed E-state index contributed by atoms with van der Waals surface area (Å²) in [6.07, 6.45) is 0.614. The molecule has 2 fully saturated rings. The van der Waals surface area contributed by atoms with Crippen molar-refractivity contribution in [3.05, 3.63) is 0 Å². The van der Waals surface area contributed by atoms with E-state index in [0.29, 0.717) is 12.5 Å².